The van der Waals surface area contributed by atoms with Crippen LogP contribution in [0.5, 0.6) is 0 Å². The molecule has 0 saturated carbocycles. The fourth-order valence-corrected chi connectivity index (χ4v) is 0.953. The van der Waals surface area contributed by atoms with Crippen LogP contribution in [-0.2, 0) is 4.79 Å². The van der Waals surface area contributed by atoms with Crippen molar-refractivity contribution in [2.24, 2.45) is 5.92 Å². The van der Waals surface area contributed by atoms with Crippen LogP contribution in [0.15, 0.2) is 0 Å². The van der Waals surface area contributed by atoms with Gasteiger partial charge in [-0.25, -0.2) is 4.79 Å². The van der Waals surface area contributed by atoms with E-state index >= 15 is 0 Å². The van der Waals surface area contributed by atoms with Crippen LogP contribution < -0.4 is 10.6 Å². The van der Waals surface area contributed by atoms with E-state index in [1.165, 1.54) is 6.92 Å². The number of carbonyl (C=O) groups excluding carboxylic acids is 1. The van der Waals surface area contributed by atoms with Gasteiger partial charge in [0.2, 0.25) is 5.91 Å². The number of hydrogen-bond acceptors (Lipinski definition) is 3. The van der Waals surface area contributed by atoms with Gasteiger partial charge >= 0.3 is 6.09 Å². The molecule has 6 heteroatoms. The Morgan fingerprint density at radius 2 is 1.80 bits per heavy atom. The molecule has 0 radical (unpaired) electrons. The largest absolute Gasteiger partial charge is 0.465 e. The molecule has 15 heavy (non-hydrogen) atoms. The number of carboxylic acid groups (broad SMARTS) is 1. The maximum Gasteiger partial charge on any atom is 0.405 e. The number of aliphatic hydroxyl groups is 1. The molecule has 2 amide bonds. The molecule has 0 spiro atoms. The van der Waals surface area contributed by atoms with Gasteiger partial charge in [-0.05, 0) is 12.8 Å². The van der Waals surface area contributed by atoms with Crippen LogP contribution in [-0.4, -0.2) is 40.9 Å². The summed E-state index contributed by atoms with van der Waals surface area (Å²) in [5, 5.41) is 22.2. The van der Waals surface area contributed by atoms with Gasteiger partial charge in [0, 0.05) is 6.54 Å². The van der Waals surface area contributed by atoms with E-state index in [9.17, 15) is 14.7 Å². The van der Waals surface area contributed by atoms with E-state index in [1.807, 2.05) is 19.2 Å². The third-order valence-corrected chi connectivity index (χ3v) is 1.73. The van der Waals surface area contributed by atoms with Crippen molar-refractivity contribution in [1.82, 2.24) is 10.6 Å². The fraction of sp³-hybridized carbons (Fsp3) is 0.778. The van der Waals surface area contributed by atoms with Crippen molar-refractivity contribution in [2.75, 3.05) is 6.54 Å². The summed E-state index contributed by atoms with van der Waals surface area (Å²) in [6, 6.07) is -1.12. The van der Waals surface area contributed by atoms with Crippen molar-refractivity contribution >= 4 is 12.0 Å². The van der Waals surface area contributed by atoms with Crippen molar-refractivity contribution in [1.29, 1.82) is 0 Å². The van der Waals surface area contributed by atoms with Gasteiger partial charge < -0.3 is 20.8 Å². The molecule has 0 heterocycles. The number of carbonyl (C=O) groups is 2. The molecule has 0 unspecified atom stereocenters. The molecule has 0 aromatic carbocycles. The Balaban J connectivity index is 4.23. The van der Waals surface area contributed by atoms with Gasteiger partial charge in [-0.1, -0.05) is 13.8 Å². The molecule has 0 fully saturated rings. The maximum absolute atomic E-state index is 11.4. The van der Waals surface area contributed by atoms with Crippen LogP contribution in [0, 0.1) is 5.92 Å². The van der Waals surface area contributed by atoms with Gasteiger partial charge in [-0.2, -0.15) is 0 Å². The Morgan fingerprint density at radius 1 is 1.27 bits per heavy atom. The van der Waals surface area contributed by atoms with Crippen molar-refractivity contribution in [3.63, 3.8) is 0 Å². The maximum atomic E-state index is 11.4. The zero-order valence-corrected chi connectivity index (χ0v) is 9.15. The second-order valence-electron chi connectivity index (χ2n) is 3.81. The first-order valence-electron chi connectivity index (χ1n) is 4.79. The lowest BCUT2D eigenvalue weighted by Gasteiger charge is -2.19. The summed E-state index contributed by atoms with van der Waals surface area (Å²) >= 11 is 0. The van der Waals surface area contributed by atoms with E-state index in [0.29, 0.717) is 6.54 Å². The molecule has 0 aromatic heterocycles. The quantitative estimate of drug-likeness (QED) is 0.512. The van der Waals surface area contributed by atoms with Crippen molar-refractivity contribution in [3.05, 3.63) is 0 Å². The highest BCUT2D eigenvalue weighted by atomic mass is 16.4. The number of rotatable bonds is 5. The highest BCUT2D eigenvalue weighted by Crippen LogP contribution is 1.95. The first-order chi connectivity index (χ1) is 6.84. The molecule has 0 bridgehead atoms. The minimum absolute atomic E-state index is 0.272. The first kappa shape index (κ1) is 13.7. The average molecular weight is 218 g/mol. The van der Waals surface area contributed by atoms with Gasteiger partial charge in [-0.15, -0.1) is 0 Å². The van der Waals surface area contributed by atoms with E-state index in [4.69, 9.17) is 5.11 Å². The predicted molar refractivity (Wildman–Crippen MR) is 54.5 cm³/mol. The lowest BCUT2D eigenvalue weighted by molar-refractivity contribution is -0.125. The van der Waals surface area contributed by atoms with E-state index in [2.05, 4.69) is 5.32 Å². The third-order valence-electron chi connectivity index (χ3n) is 1.73. The summed E-state index contributed by atoms with van der Waals surface area (Å²) in [6.07, 6.45) is -2.39. The average Bonchev–Trinajstić information content (AvgIpc) is 2.09. The molecule has 88 valence electrons. The summed E-state index contributed by atoms with van der Waals surface area (Å²) in [4.78, 5) is 21.8. The van der Waals surface area contributed by atoms with Gasteiger partial charge in [0.1, 0.15) is 6.04 Å². The Hall–Kier alpha value is -1.30. The zero-order chi connectivity index (χ0) is 12.0. The second-order valence-corrected chi connectivity index (χ2v) is 3.81. The number of aliphatic hydroxyl groups excluding tert-OH is 1. The molecule has 0 aliphatic heterocycles. The smallest absolute Gasteiger partial charge is 0.405 e. The van der Waals surface area contributed by atoms with Crippen molar-refractivity contribution in [2.45, 2.75) is 32.9 Å². The lowest BCUT2D eigenvalue weighted by atomic mass is 10.1. The Labute approximate surface area is 88.7 Å². The van der Waals surface area contributed by atoms with Crippen LogP contribution in [0.25, 0.3) is 0 Å². The topological polar surface area (TPSA) is 98.7 Å². The van der Waals surface area contributed by atoms with Gasteiger partial charge in [0.25, 0.3) is 0 Å². The van der Waals surface area contributed by atoms with Crippen LogP contribution in [0.1, 0.15) is 20.8 Å². The normalized spacial score (nSPS) is 14.5. The van der Waals surface area contributed by atoms with Crippen LogP contribution >= 0.6 is 0 Å². The third kappa shape index (κ3) is 5.90. The van der Waals surface area contributed by atoms with E-state index in [0.717, 1.165) is 0 Å². The molecule has 2 atom stereocenters. The minimum Gasteiger partial charge on any atom is -0.465 e. The predicted octanol–water partition coefficient (Wildman–Crippen LogP) is -0.224. The molecule has 0 aromatic rings. The van der Waals surface area contributed by atoms with Crippen molar-refractivity contribution in [3.8, 4) is 0 Å². The highest BCUT2D eigenvalue weighted by molar-refractivity contribution is 5.85. The Kier molecular flexibility index (Phi) is 5.69. The van der Waals surface area contributed by atoms with Crippen LogP contribution in [0.4, 0.5) is 4.79 Å². The van der Waals surface area contributed by atoms with E-state index in [-0.39, 0.29) is 5.92 Å². The Morgan fingerprint density at radius 3 is 2.13 bits per heavy atom. The number of nitrogens with one attached hydrogen (secondary N) is 2. The molecule has 0 saturated heterocycles. The SMILES string of the molecule is CC(C)CNC(=O)[C@@H](NC(=O)O)[C@@H](C)O. The lowest BCUT2D eigenvalue weighted by Crippen LogP contribution is -2.52. The standard InChI is InChI=1S/C9H18N2O4/c1-5(2)4-10-8(13)7(6(3)12)11-9(14)15/h5-7,11-12H,4H2,1-3H3,(H,10,13)(H,14,15)/t6-,7+/m1/s1. The zero-order valence-electron chi connectivity index (χ0n) is 9.15. The summed E-state index contributed by atoms with van der Waals surface area (Å²) < 4.78 is 0. The molecule has 0 aliphatic carbocycles. The monoisotopic (exact) mass is 218 g/mol. The van der Waals surface area contributed by atoms with E-state index in [1.54, 1.807) is 0 Å². The molecular formula is C9H18N2O4. The highest BCUT2D eigenvalue weighted by Gasteiger charge is 2.25. The second kappa shape index (κ2) is 6.23. The van der Waals surface area contributed by atoms with Gasteiger partial charge in [0.15, 0.2) is 0 Å². The van der Waals surface area contributed by atoms with Gasteiger partial charge in [-0.3, -0.25) is 4.79 Å². The summed E-state index contributed by atoms with van der Waals surface area (Å²) in [5.74, 6) is -0.241. The molecule has 6 nitrogen and oxygen atoms in total. The van der Waals surface area contributed by atoms with Gasteiger partial charge in [0.05, 0.1) is 6.10 Å². The molecule has 0 aliphatic rings. The van der Waals surface area contributed by atoms with Crippen LogP contribution in [0.2, 0.25) is 0 Å². The summed E-state index contributed by atoms with van der Waals surface area (Å²) in [6.45, 7) is 5.64. The van der Waals surface area contributed by atoms with Crippen molar-refractivity contribution < 1.29 is 19.8 Å². The fourth-order valence-electron chi connectivity index (χ4n) is 0.953. The summed E-state index contributed by atoms with van der Waals surface area (Å²) in [7, 11) is 0. The minimum atomic E-state index is -1.33. The molecule has 0 rings (SSSR count). The first-order valence-corrected chi connectivity index (χ1v) is 4.79. The van der Waals surface area contributed by atoms with Crippen LogP contribution in [0.3, 0.4) is 0 Å². The molecular weight excluding hydrogens is 200 g/mol. The summed E-state index contributed by atoms with van der Waals surface area (Å²) in [5.41, 5.74) is 0. The number of amides is 2. The Bertz CT molecular complexity index is 228. The van der Waals surface area contributed by atoms with E-state index < -0.39 is 24.1 Å². The number of hydrogen-bond donors (Lipinski definition) is 4. The molecule has 4 N–H and O–H groups in total.